The van der Waals surface area contributed by atoms with Crippen molar-refractivity contribution in [1.29, 1.82) is 0 Å². The monoisotopic (exact) mass is 282 g/mol. The summed E-state index contributed by atoms with van der Waals surface area (Å²) in [6.07, 6.45) is -2.55. The highest BCUT2D eigenvalue weighted by atomic mass is 16.6. The molecule has 0 aliphatic heterocycles. The molecule has 0 saturated carbocycles. The van der Waals surface area contributed by atoms with Crippen LogP contribution in [0.5, 0.6) is 0 Å². The van der Waals surface area contributed by atoms with Gasteiger partial charge in [0.25, 0.3) is 0 Å². The molecular formula is C12H26O7. The van der Waals surface area contributed by atoms with Crippen LogP contribution in [0.1, 0.15) is 41.5 Å². The molecule has 0 bridgehead atoms. The largest absolute Gasteiger partial charge is 0.479 e. The van der Waals surface area contributed by atoms with Gasteiger partial charge in [-0.15, -0.1) is 0 Å². The number of ether oxygens (including phenoxy) is 1. The van der Waals surface area contributed by atoms with E-state index in [9.17, 15) is 9.59 Å². The Bertz CT molecular complexity index is 231. The zero-order valence-electron chi connectivity index (χ0n) is 12.3. The molecule has 0 fully saturated rings. The van der Waals surface area contributed by atoms with Gasteiger partial charge in [-0.2, -0.15) is 0 Å². The molecule has 0 aliphatic carbocycles. The molecule has 4 N–H and O–H groups in total. The van der Waals surface area contributed by atoms with E-state index >= 15 is 0 Å². The Labute approximate surface area is 113 Å². The smallest absolute Gasteiger partial charge is 0.334 e. The van der Waals surface area contributed by atoms with Crippen LogP contribution in [0.4, 0.5) is 0 Å². The third kappa shape index (κ3) is 31.6. The van der Waals surface area contributed by atoms with Crippen molar-refractivity contribution in [2.45, 2.75) is 66.0 Å². The van der Waals surface area contributed by atoms with Crippen molar-refractivity contribution in [2.24, 2.45) is 0 Å². The first-order valence-electron chi connectivity index (χ1n) is 5.89. The Morgan fingerprint density at radius 3 is 1.16 bits per heavy atom. The second kappa shape index (κ2) is 13.3. The van der Waals surface area contributed by atoms with Crippen LogP contribution in [0.25, 0.3) is 0 Å². The van der Waals surface area contributed by atoms with Gasteiger partial charge >= 0.3 is 11.9 Å². The van der Waals surface area contributed by atoms with Gasteiger partial charge in [0.05, 0.1) is 6.10 Å². The summed E-state index contributed by atoms with van der Waals surface area (Å²) < 4.78 is 4.62. The molecule has 0 aromatic carbocycles. The molecule has 0 saturated heterocycles. The molecule has 2 atom stereocenters. The SMILES string of the molecule is CC(C)O.CC(C)OC(=O)[C@@H](C)O.C[C@@H](O)C(=O)O. The number of esters is 1. The maximum absolute atomic E-state index is 10.5. The van der Waals surface area contributed by atoms with Crippen LogP contribution in [0.3, 0.4) is 0 Å². The molecule has 0 spiro atoms. The average molecular weight is 282 g/mol. The van der Waals surface area contributed by atoms with Gasteiger partial charge in [-0.05, 0) is 41.5 Å². The Morgan fingerprint density at radius 1 is 0.842 bits per heavy atom. The summed E-state index contributed by atoms with van der Waals surface area (Å²) in [6, 6.07) is 0. The van der Waals surface area contributed by atoms with Gasteiger partial charge < -0.3 is 25.2 Å². The summed E-state index contributed by atoms with van der Waals surface area (Å²) in [7, 11) is 0. The van der Waals surface area contributed by atoms with Gasteiger partial charge in [0.15, 0.2) is 0 Å². The van der Waals surface area contributed by atoms with E-state index in [1.165, 1.54) is 13.8 Å². The van der Waals surface area contributed by atoms with E-state index in [0.717, 1.165) is 0 Å². The topological polar surface area (TPSA) is 124 Å². The molecule has 0 aromatic rings. The summed E-state index contributed by atoms with van der Waals surface area (Å²) in [4.78, 5) is 19.9. The standard InChI is InChI=1S/C6H12O3.C3H6O3.C3H8O/c1-4(2)9-6(8)5(3)7;1-2(4)3(5)6;1-3(2)4/h4-5,7H,1-3H3;2,4H,1H3,(H,5,6);3-4H,1-2H3/t5-;2-;/m11./s1. The second-order valence-electron chi connectivity index (χ2n) is 4.27. The minimum atomic E-state index is -1.23. The summed E-state index contributed by atoms with van der Waals surface area (Å²) in [6.45, 7) is 9.49. The van der Waals surface area contributed by atoms with E-state index in [1.807, 2.05) is 0 Å². The van der Waals surface area contributed by atoms with Crippen molar-refractivity contribution in [2.75, 3.05) is 0 Å². The normalized spacial score (nSPS) is 12.6. The molecule has 0 unspecified atom stereocenters. The van der Waals surface area contributed by atoms with E-state index in [2.05, 4.69) is 4.74 Å². The molecular weight excluding hydrogens is 256 g/mol. The fourth-order valence-corrected chi connectivity index (χ4v) is 0.331. The van der Waals surface area contributed by atoms with Gasteiger partial charge in [-0.3, -0.25) is 0 Å². The molecule has 0 heterocycles. The van der Waals surface area contributed by atoms with Crippen molar-refractivity contribution >= 4 is 11.9 Å². The average Bonchev–Trinajstić information content (AvgIpc) is 2.15. The van der Waals surface area contributed by atoms with Crippen LogP contribution in [0, 0.1) is 0 Å². The molecule has 116 valence electrons. The number of aliphatic hydroxyl groups is 3. The first-order chi connectivity index (χ1) is 8.41. The lowest BCUT2D eigenvalue weighted by Gasteiger charge is -2.08. The molecule has 0 aliphatic rings. The Morgan fingerprint density at radius 2 is 1.11 bits per heavy atom. The van der Waals surface area contributed by atoms with Gasteiger partial charge in [-0.25, -0.2) is 9.59 Å². The lowest BCUT2D eigenvalue weighted by Crippen LogP contribution is -2.22. The van der Waals surface area contributed by atoms with Crippen molar-refractivity contribution in [3.8, 4) is 0 Å². The predicted molar refractivity (Wildman–Crippen MR) is 69.6 cm³/mol. The molecule has 7 heteroatoms. The fourth-order valence-electron chi connectivity index (χ4n) is 0.331. The zero-order chi connectivity index (χ0) is 16.2. The van der Waals surface area contributed by atoms with E-state index < -0.39 is 24.1 Å². The maximum Gasteiger partial charge on any atom is 0.334 e. The Hall–Kier alpha value is -1.18. The van der Waals surface area contributed by atoms with Crippen LogP contribution in [0.15, 0.2) is 0 Å². The first kappa shape index (κ1) is 23.0. The van der Waals surface area contributed by atoms with Crippen LogP contribution in [-0.4, -0.2) is 56.8 Å². The molecule has 0 aromatic heterocycles. The van der Waals surface area contributed by atoms with Gasteiger partial charge in [0.2, 0.25) is 0 Å². The number of hydrogen-bond donors (Lipinski definition) is 4. The highest BCUT2D eigenvalue weighted by Crippen LogP contribution is 1.92. The van der Waals surface area contributed by atoms with Gasteiger partial charge in [0, 0.05) is 6.10 Å². The summed E-state index contributed by atoms with van der Waals surface area (Å²) in [5.74, 6) is -1.75. The number of carboxylic acids is 1. The Balaban J connectivity index is -0.000000222. The summed E-state index contributed by atoms with van der Waals surface area (Å²) in [5.41, 5.74) is 0. The van der Waals surface area contributed by atoms with Crippen molar-refractivity contribution in [3.63, 3.8) is 0 Å². The van der Waals surface area contributed by atoms with Crippen LogP contribution < -0.4 is 0 Å². The number of carbonyl (C=O) groups is 2. The third-order valence-corrected chi connectivity index (χ3v) is 1.05. The number of carbonyl (C=O) groups excluding carboxylic acids is 1. The van der Waals surface area contributed by atoms with E-state index in [0.29, 0.717) is 0 Å². The van der Waals surface area contributed by atoms with E-state index in [4.69, 9.17) is 20.4 Å². The molecule has 19 heavy (non-hydrogen) atoms. The number of hydrogen-bond acceptors (Lipinski definition) is 6. The second-order valence-corrected chi connectivity index (χ2v) is 4.27. The summed E-state index contributed by atoms with van der Waals surface area (Å²) >= 11 is 0. The van der Waals surface area contributed by atoms with Crippen LogP contribution >= 0.6 is 0 Å². The van der Waals surface area contributed by atoms with Crippen molar-refractivity contribution in [3.05, 3.63) is 0 Å². The summed E-state index contributed by atoms with van der Waals surface area (Å²) in [5, 5.41) is 32.4. The van der Waals surface area contributed by atoms with Crippen molar-refractivity contribution in [1.82, 2.24) is 0 Å². The first-order valence-corrected chi connectivity index (χ1v) is 5.89. The minimum absolute atomic E-state index is 0.146. The van der Waals surface area contributed by atoms with E-state index in [-0.39, 0.29) is 12.2 Å². The number of aliphatic carboxylic acids is 1. The Kier molecular flexibility index (Phi) is 16.0. The zero-order valence-corrected chi connectivity index (χ0v) is 12.3. The molecule has 0 rings (SSSR count). The van der Waals surface area contributed by atoms with Gasteiger partial charge in [-0.1, -0.05) is 0 Å². The molecule has 0 radical (unpaired) electrons. The lowest BCUT2D eigenvalue weighted by molar-refractivity contribution is -0.156. The molecule has 0 amide bonds. The van der Waals surface area contributed by atoms with Crippen molar-refractivity contribution < 1.29 is 34.8 Å². The number of carboxylic acid groups (broad SMARTS) is 1. The van der Waals surface area contributed by atoms with E-state index in [1.54, 1.807) is 27.7 Å². The highest BCUT2D eigenvalue weighted by molar-refractivity contribution is 5.73. The number of rotatable bonds is 3. The highest BCUT2D eigenvalue weighted by Gasteiger charge is 2.10. The molecule has 7 nitrogen and oxygen atoms in total. The van der Waals surface area contributed by atoms with Gasteiger partial charge in [0.1, 0.15) is 12.2 Å². The maximum atomic E-state index is 10.5. The predicted octanol–water partition coefficient (Wildman–Crippen LogP) is 0.158. The number of aliphatic hydroxyl groups excluding tert-OH is 3. The van der Waals surface area contributed by atoms with Crippen LogP contribution in [-0.2, 0) is 14.3 Å². The van der Waals surface area contributed by atoms with Crippen LogP contribution in [0.2, 0.25) is 0 Å². The third-order valence-electron chi connectivity index (χ3n) is 1.05. The quantitative estimate of drug-likeness (QED) is 0.543. The lowest BCUT2D eigenvalue weighted by atomic mass is 10.4. The minimum Gasteiger partial charge on any atom is -0.479 e. The fraction of sp³-hybridized carbons (Fsp3) is 0.833.